The lowest BCUT2D eigenvalue weighted by molar-refractivity contribution is 0.103. The Labute approximate surface area is 193 Å². The molecule has 0 bridgehead atoms. The van der Waals surface area contributed by atoms with E-state index in [1.54, 1.807) is 12.1 Å². The van der Waals surface area contributed by atoms with Crippen molar-refractivity contribution in [3.8, 4) is 17.1 Å². The molecular weight excluding hydrogens is 406 g/mol. The van der Waals surface area contributed by atoms with Crippen LogP contribution >= 0.6 is 0 Å². The second kappa shape index (κ2) is 15.7. The summed E-state index contributed by atoms with van der Waals surface area (Å²) >= 11 is 0. The van der Waals surface area contributed by atoms with Crippen molar-refractivity contribution in [2.24, 2.45) is 0 Å². The number of rotatable bonds is 17. The van der Waals surface area contributed by atoms with Crippen LogP contribution in [-0.4, -0.2) is 28.9 Å². The van der Waals surface area contributed by atoms with E-state index in [0.717, 1.165) is 12.0 Å². The van der Waals surface area contributed by atoms with Crippen LogP contribution in [0.5, 0.6) is 5.75 Å². The molecule has 0 radical (unpaired) electrons. The highest BCUT2D eigenvalue weighted by Crippen LogP contribution is 2.21. The lowest BCUT2D eigenvalue weighted by atomic mass is 10.1. The Hall–Kier alpha value is -2.04. The van der Waals surface area contributed by atoms with Gasteiger partial charge in [-0.25, -0.2) is 18.7 Å². The molecule has 1 heterocycles. The molecule has 0 aliphatic carbocycles. The zero-order valence-electron chi connectivity index (χ0n) is 19.9. The number of aryl methyl sites for hydroxylation is 1. The number of hydrogen-bond acceptors (Lipinski definition) is 3. The van der Waals surface area contributed by atoms with Gasteiger partial charge in [0.25, 0.3) is 0 Å². The second-order valence-electron chi connectivity index (χ2n) is 8.65. The first-order chi connectivity index (χ1) is 15.6. The van der Waals surface area contributed by atoms with Crippen molar-refractivity contribution in [1.82, 2.24) is 9.97 Å². The molecule has 0 fully saturated rings. The summed E-state index contributed by atoms with van der Waals surface area (Å²) in [5, 5.41) is 0. The molecule has 0 saturated carbocycles. The Morgan fingerprint density at radius 2 is 1.34 bits per heavy atom. The van der Waals surface area contributed by atoms with E-state index in [9.17, 15) is 8.78 Å². The quantitative estimate of drug-likeness (QED) is 0.230. The molecule has 2 aromatic rings. The highest BCUT2D eigenvalue weighted by atomic mass is 19.2. The molecule has 0 aliphatic rings. The maximum atomic E-state index is 13.7. The average molecular weight is 447 g/mol. The molecule has 5 heteroatoms. The molecule has 0 amide bonds. The van der Waals surface area contributed by atoms with Gasteiger partial charge in [-0.3, -0.25) is 0 Å². The van der Waals surface area contributed by atoms with Gasteiger partial charge < -0.3 is 4.74 Å². The maximum Gasteiger partial charge on any atom is 0.165 e. The van der Waals surface area contributed by atoms with Gasteiger partial charge >= 0.3 is 0 Å². The van der Waals surface area contributed by atoms with E-state index < -0.39 is 12.3 Å². The number of aromatic nitrogens is 2. The maximum absolute atomic E-state index is 13.7. The zero-order valence-corrected chi connectivity index (χ0v) is 19.9. The third-order valence-corrected chi connectivity index (χ3v) is 5.75. The molecule has 1 aromatic heterocycles. The molecule has 0 saturated heterocycles. The number of unbranched alkanes of at least 4 members (excludes halogenated alkanes) is 8. The number of ether oxygens (including phenoxy) is 1. The predicted octanol–water partition coefficient (Wildman–Crippen LogP) is 8.07. The minimum absolute atomic E-state index is 0.218. The van der Waals surface area contributed by atoms with Gasteiger partial charge in [-0.05, 0) is 49.1 Å². The number of halogens is 2. The number of nitrogens with zero attached hydrogens (tertiary/aromatic N) is 2. The van der Waals surface area contributed by atoms with Crippen molar-refractivity contribution >= 4 is 0 Å². The first-order valence-electron chi connectivity index (χ1n) is 12.5. The van der Waals surface area contributed by atoms with Gasteiger partial charge in [0.15, 0.2) is 12.0 Å². The van der Waals surface area contributed by atoms with Crippen molar-refractivity contribution < 1.29 is 13.5 Å². The molecule has 2 rings (SSSR count). The summed E-state index contributed by atoms with van der Waals surface area (Å²) in [4.78, 5) is 8.98. The Morgan fingerprint density at radius 3 is 1.94 bits per heavy atom. The van der Waals surface area contributed by atoms with Crippen LogP contribution in [0.25, 0.3) is 11.4 Å². The van der Waals surface area contributed by atoms with Crippen molar-refractivity contribution in [2.45, 2.75) is 103 Å². The van der Waals surface area contributed by atoms with E-state index in [0.29, 0.717) is 18.0 Å². The molecule has 0 spiro atoms. The molecule has 2 unspecified atom stereocenters. The van der Waals surface area contributed by atoms with E-state index in [1.165, 1.54) is 63.4 Å². The van der Waals surface area contributed by atoms with Crippen molar-refractivity contribution in [3.63, 3.8) is 0 Å². The van der Waals surface area contributed by atoms with Gasteiger partial charge in [-0.2, -0.15) is 0 Å². The van der Waals surface area contributed by atoms with Gasteiger partial charge in [0.2, 0.25) is 0 Å². The normalized spacial score (nSPS) is 13.1. The van der Waals surface area contributed by atoms with Crippen LogP contribution in [0, 0.1) is 0 Å². The van der Waals surface area contributed by atoms with Crippen molar-refractivity contribution in [2.75, 3.05) is 6.61 Å². The van der Waals surface area contributed by atoms with Crippen LogP contribution < -0.4 is 4.74 Å². The van der Waals surface area contributed by atoms with E-state index in [4.69, 9.17) is 4.74 Å². The molecule has 1 aromatic carbocycles. The smallest absolute Gasteiger partial charge is 0.165 e. The molecule has 3 nitrogen and oxygen atoms in total. The van der Waals surface area contributed by atoms with Crippen LogP contribution in [0.15, 0.2) is 36.7 Å². The molecule has 32 heavy (non-hydrogen) atoms. The third-order valence-electron chi connectivity index (χ3n) is 5.75. The summed E-state index contributed by atoms with van der Waals surface area (Å²) in [6.45, 7) is 3.82. The number of alkyl halides is 2. The van der Waals surface area contributed by atoms with Crippen molar-refractivity contribution in [1.29, 1.82) is 0 Å². The van der Waals surface area contributed by atoms with Crippen LogP contribution in [0.2, 0.25) is 0 Å². The molecule has 2 atom stereocenters. The van der Waals surface area contributed by atoms with Crippen LogP contribution in [0.4, 0.5) is 8.78 Å². The fourth-order valence-electron chi connectivity index (χ4n) is 3.71. The predicted molar refractivity (Wildman–Crippen MR) is 129 cm³/mol. The minimum atomic E-state index is -1.60. The third kappa shape index (κ3) is 10.1. The fourth-order valence-corrected chi connectivity index (χ4v) is 3.71. The topological polar surface area (TPSA) is 35.0 Å². The summed E-state index contributed by atoms with van der Waals surface area (Å²) in [7, 11) is 0. The van der Waals surface area contributed by atoms with E-state index >= 15 is 0 Å². The Morgan fingerprint density at radius 1 is 0.750 bits per heavy atom. The first-order valence-corrected chi connectivity index (χ1v) is 12.5. The first kappa shape index (κ1) is 26.2. The van der Waals surface area contributed by atoms with E-state index in [1.807, 2.05) is 31.5 Å². The van der Waals surface area contributed by atoms with Gasteiger partial charge in [0, 0.05) is 18.0 Å². The Bertz CT molecular complexity index is 721. The average Bonchev–Trinajstić information content (AvgIpc) is 2.82. The standard InChI is InChI=1S/C27H40F2N2O/c1-3-5-6-7-8-9-10-11-12-14-22-19-30-27(31-20-22)23-15-17-24(18-16-23)32-21-26(29)25(28)13-4-2/h15-20,25-26H,3-14,21H2,1-2H3. The van der Waals surface area contributed by atoms with Gasteiger partial charge in [0.1, 0.15) is 18.5 Å². The second-order valence-corrected chi connectivity index (χ2v) is 8.65. The summed E-state index contributed by atoms with van der Waals surface area (Å²) in [5.74, 6) is 1.17. The number of benzene rings is 1. The summed E-state index contributed by atoms with van der Waals surface area (Å²) < 4.78 is 32.7. The van der Waals surface area contributed by atoms with E-state index in [-0.39, 0.29) is 13.0 Å². The molecular formula is C27H40F2N2O. The largest absolute Gasteiger partial charge is 0.490 e. The SMILES string of the molecule is CCCCCCCCCCCc1cnc(-c2ccc(OCC(F)C(F)CCC)cc2)nc1. The van der Waals surface area contributed by atoms with Gasteiger partial charge in [-0.1, -0.05) is 71.6 Å². The Balaban J connectivity index is 1.69. The fraction of sp³-hybridized carbons (Fsp3) is 0.630. The lowest BCUT2D eigenvalue weighted by Gasteiger charge is -2.14. The van der Waals surface area contributed by atoms with E-state index in [2.05, 4.69) is 16.9 Å². The summed E-state index contributed by atoms with van der Waals surface area (Å²) in [6.07, 6.45) is 14.5. The van der Waals surface area contributed by atoms with Gasteiger partial charge in [-0.15, -0.1) is 0 Å². The van der Waals surface area contributed by atoms with Gasteiger partial charge in [0.05, 0.1) is 0 Å². The monoisotopic (exact) mass is 446 g/mol. The lowest BCUT2D eigenvalue weighted by Crippen LogP contribution is -2.24. The van der Waals surface area contributed by atoms with Crippen LogP contribution in [0.1, 0.15) is 90.0 Å². The Kier molecular flexibility index (Phi) is 12.9. The highest BCUT2D eigenvalue weighted by molar-refractivity contribution is 5.55. The number of hydrogen-bond donors (Lipinski definition) is 0. The van der Waals surface area contributed by atoms with Crippen LogP contribution in [0.3, 0.4) is 0 Å². The summed E-state index contributed by atoms with van der Waals surface area (Å²) in [6, 6.07) is 7.18. The van der Waals surface area contributed by atoms with Crippen LogP contribution in [-0.2, 0) is 6.42 Å². The van der Waals surface area contributed by atoms with Crippen molar-refractivity contribution in [3.05, 3.63) is 42.2 Å². The summed E-state index contributed by atoms with van der Waals surface area (Å²) in [5.41, 5.74) is 2.04. The molecule has 0 aliphatic heterocycles. The molecule has 0 N–H and O–H groups in total. The molecule has 178 valence electrons. The zero-order chi connectivity index (χ0) is 23.0. The highest BCUT2D eigenvalue weighted by Gasteiger charge is 2.20. The minimum Gasteiger partial charge on any atom is -0.490 e.